The van der Waals surface area contributed by atoms with Crippen LogP contribution in [0.15, 0.2) is 72.8 Å². The van der Waals surface area contributed by atoms with E-state index >= 15 is 0 Å². The quantitative estimate of drug-likeness (QED) is 0.497. The van der Waals surface area contributed by atoms with Gasteiger partial charge in [-0.05, 0) is 65.8 Å². The molecule has 1 fully saturated rings. The second-order valence-corrected chi connectivity index (χ2v) is 10.1. The molecule has 1 saturated heterocycles. The molecule has 33 heavy (non-hydrogen) atoms. The third-order valence-electron chi connectivity index (χ3n) is 6.37. The van der Waals surface area contributed by atoms with Gasteiger partial charge in [0.05, 0.1) is 11.8 Å². The lowest BCUT2D eigenvalue weighted by Gasteiger charge is -2.26. The number of halogens is 1. The van der Waals surface area contributed by atoms with Gasteiger partial charge in [0.15, 0.2) is 0 Å². The molecule has 2 aliphatic rings. The molecule has 0 aromatic heterocycles. The van der Waals surface area contributed by atoms with Crippen LogP contribution >= 0.6 is 23.4 Å². The number of thioether (sulfide) groups is 1. The number of carbonyl (C=O) groups is 2. The lowest BCUT2D eigenvalue weighted by molar-refractivity contribution is -0.128. The van der Waals surface area contributed by atoms with Crippen LogP contribution in [-0.4, -0.2) is 22.5 Å². The Bertz CT molecular complexity index is 1160. The zero-order valence-electron chi connectivity index (χ0n) is 18.2. The maximum absolute atomic E-state index is 12.9. The van der Waals surface area contributed by atoms with E-state index in [0.29, 0.717) is 22.9 Å². The van der Waals surface area contributed by atoms with E-state index in [2.05, 4.69) is 23.5 Å². The van der Waals surface area contributed by atoms with Crippen molar-refractivity contribution in [2.45, 2.75) is 37.2 Å². The van der Waals surface area contributed by atoms with Crippen molar-refractivity contribution in [1.82, 2.24) is 10.2 Å². The van der Waals surface area contributed by atoms with Crippen molar-refractivity contribution in [3.8, 4) is 0 Å². The van der Waals surface area contributed by atoms with E-state index in [-0.39, 0.29) is 23.2 Å². The molecular weight excluding hydrogens is 452 g/mol. The van der Waals surface area contributed by atoms with E-state index in [0.717, 1.165) is 30.4 Å². The minimum Gasteiger partial charge on any atom is -0.345 e. The van der Waals surface area contributed by atoms with Gasteiger partial charge in [0.1, 0.15) is 5.37 Å². The fourth-order valence-corrected chi connectivity index (χ4v) is 5.95. The summed E-state index contributed by atoms with van der Waals surface area (Å²) < 4.78 is 0. The number of carbonyl (C=O) groups excluding carboxylic acids is 2. The number of hydrogen-bond acceptors (Lipinski definition) is 3. The predicted molar refractivity (Wildman–Crippen MR) is 133 cm³/mol. The van der Waals surface area contributed by atoms with Crippen molar-refractivity contribution in [3.63, 3.8) is 0 Å². The molecular formula is C27H25ClN2O2S. The van der Waals surface area contributed by atoms with E-state index in [9.17, 15) is 9.59 Å². The van der Waals surface area contributed by atoms with Gasteiger partial charge in [-0.15, -0.1) is 11.8 Å². The lowest BCUT2D eigenvalue weighted by Crippen LogP contribution is -2.31. The maximum Gasteiger partial charge on any atom is 0.251 e. The molecule has 3 aromatic carbocycles. The average molecular weight is 477 g/mol. The van der Waals surface area contributed by atoms with Crippen LogP contribution in [0.25, 0.3) is 0 Å². The Morgan fingerprint density at radius 2 is 1.79 bits per heavy atom. The topological polar surface area (TPSA) is 49.4 Å². The van der Waals surface area contributed by atoms with E-state index in [1.165, 1.54) is 11.1 Å². The molecule has 0 bridgehead atoms. The molecule has 1 N–H and O–H groups in total. The summed E-state index contributed by atoms with van der Waals surface area (Å²) in [5.41, 5.74) is 5.27. The molecule has 5 rings (SSSR count). The highest BCUT2D eigenvalue weighted by Gasteiger charge is 2.33. The van der Waals surface area contributed by atoms with Gasteiger partial charge in [-0.1, -0.05) is 60.1 Å². The molecule has 0 radical (unpaired) electrons. The number of nitrogens with zero attached hydrogens (tertiary/aromatic N) is 1. The summed E-state index contributed by atoms with van der Waals surface area (Å²) in [5.74, 6) is 0.524. The van der Waals surface area contributed by atoms with E-state index in [1.54, 1.807) is 11.8 Å². The van der Waals surface area contributed by atoms with Crippen molar-refractivity contribution in [1.29, 1.82) is 0 Å². The highest BCUT2D eigenvalue weighted by molar-refractivity contribution is 8.00. The largest absolute Gasteiger partial charge is 0.345 e. The highest BCUT2D eigenvalue weighted by Crippen LogP contribution is 2.39. The zero-order valence-corrected chi connectivity index (χ0v) is 19.7. The predicted octanol–water partition coefficient (Wildman–Crippen LogP) is 5.92. The fraction of sp³-hybridized carbons (Fsp3) is 0.259. The SMILES string of the molecule is O=C(N[C@H]1CCCc2ccccc21)c1ccc([C@H]2SCC(=O)N2Cc2ccc(Cl)cc2)cc1. The van der Waals surface area contributed by atoms with Crippen molar-refractivity contribution in [2.75, 3.05) is 5.75 Å². The molecule has 0 unspecified atom stereocenters. The first-order valence-electron chi connectivity index (χ1n) is 11.2. The van der Waals surface area contributed by atoms with Gasteiger partial charge < -0.3 is 10.2 Å². The maximum atomic E-state index is 12.9. The summed E-state index contributed by atoms with van der Waals surface area (Å²) in [7, 11) is 0. The Balaban J connectivity index is 1.28. The van der Waals surface area contributed by atoms with Gasteiger partial charge in [0.2, 0.25) is 5.91 Å². The molecule has 2 amide bonds. The fourth-order valence-electron chi connectivity index (χ4n) is 4.63. The summed E-state index contributed by atoms with van der Waals surface area (Å²) in [5, 5.41) is 3.84. The molecule has 2 atom stereocenters. The van der Waals surface area contributed by atoms with Crippen LogP contribution in [0.3, 0.4) is 0 Å². The minimum atomic E-state index is -0.0597. The van der Waals surface area contributed by atoms with E-state index in [4.69, 9.17) is 11.6 Å². The van der Waals surface area contributed by atoms with Gasteiger partial charge in [-0.3, -0.25) is 9.59 Å². The molecule has 3 aromatic rings. The number of amides is 2. The molecule has 0 spiro atoms. The third kappa shape index (κ3) is 4.80. The lowest BCUT2D eigenvalue weighted by atomic mass is 9.87. The first-order valence-corrected chi connectivity index (χ1v) is 12.7. The second kappa shape index (κ2) is 9.62. The van der Waals surface area contributed by atoms with Crippen molar-refractivity contribution >= 4 is 35.2 Å². The smallest absolute Gasteiger partial charge is 0.251 e. The molecule has 168 valence electrons. The van der Waals surface area contributed by atoms with Crippen molar-refractivity contribution in [3.05, 3.63) is 106 Å². The molecule has 0 saturated carbocycles. The normalized spacial score (nSPS) is 19.9. The first kappa shape index (κ1) is 22.1. The van der Waals surface area contributed by atoms with Crippen molar-refractivity contribution in [2.24, 2.45) is 0 Å². The van der Waals surface area contributed by atoms with Crippen LogP contribution in [0.1, 0.15) is 56.9 Å². The van der Waals surface area contributed by atoms with Crippen LogP contribution in [0, 0.1) is 0 Å². The number of hydrogen-bond donors (Lipinski definition) is 1. The third-order valence-corrected chi connectivity index (χ3v) is 7.88. The number of benzene rings is 3. The summed E-state index contributed by atoms with van der Waals surface area (Å²) >= 11 is 7.61. The highest BCUT2D eigenvalue weighted by atomic mass is 35.5. The zero-order chi connectivity index (χ0) is 22.8. The van der Waals surface area contributed by atoms with Crippen molar-refractivity contribution < 1.29 is 9.59 Å². The second-order valence-electron chi connectivity index (χ2n) is 8.55. The average Bonchev–Trinajstić information content (AvgIpc) is 3.21. The molecule has 6 heteroatoms. The standard InChI is InChI=1S/C27H25ClN2O2S/c28-22-14-8-18(9-15-22)16-30-25(31)17-33-27(30)21-12-10-20(11-13-21)26(32)29-24-7-3-5-19-4-1-2-6-23(19)24/h1-2,4,6,8-15,24,27H,3,5,7,16-17H2,(H,29,32)/t24-,27+/m0/s1. The number of rotatable bonds is 5. The van der Waals surface area contributed by atoms with E-state index in [1.807, 2.05) is 59.5 Å². The number of fused-ring (bicyclic) bond motifs is 1. The monoisotopic (exact) mass is 476 g/mol. The van der Waals surface area contributed by atoms with Crippen LogP contribution in [-0.2, 0) is 17.8 Å². The Morgan fingerprint density at radius 3 is 2.58 bits per heavy atom. The van der Waals surface area contributed by atoms with Crippen LogP contribution in [0.2, 0.25) is 5.02 Å². The summed E-state index contributed by atoms with van der Waals surface area (Å²) in [6.45, 7) is 0.539. The molecule has 1 aliphatic heterocycles. The molecule has 1 heterocycles. The first-order chi connectivity index (χ1) is 16.1. The summed E-state index contributed by atoms with van der Waals surface area (Å²) in [6.07, 6.45) is 3.11. The van der Waals surface area contributed by atoms with Gasteiger partial charge in [-0.25, -0.2) is 0 Å². The minimum absolute atomic E-state index is 0.0556. The Kier molecular flexibility index (Phi) is 6.43. The summed E-state index contributed by atoms with van der Waals surface area (Å²) in [6, 6.07) is 23.7. The van der Waals surface area contributed by atoms with Gasteiger partial charge in [0.25, 0.3) is 5.91 Å². The van der Waals surface area contributed by atoms with Gasteiger partial charge in [-0.2, -0.15) is 0 Å². The Hall–Kier alpha value is -2.76. The number of aryl methyl sites for hydroxylation is 1. The van der Waals surface area contributed by atoms with Crippen LogP contribution in [0.4, 0.5) is 0 Å². The number of nitrogens with one attached hydrogen (secondary N) is 1. The van der Waals surface area contributed by atoms with Gasteiger partial charge >= 0.3 is 0 Å². The van der Waals surface area contributed by atoms with Crippen LogP contribution < -0.4 is 5.32 Å². The van der Waals surface area contributed by atoms with Crippen LogP contribution in [0.5, 0.6) is 0 Å². The van der Waals surface area contributed by atoms with Gasteiger partial charge in [0, 0.05) is 17.1 Å². The van der Waals surface area contributed by atoms with E-state index < -0.39 is 0 Å². The Labute approximate surface area is 203 Å². The molecule has 1 aliphatic carbocycles. The summed E-state index contributed by atoms with van der Waals surface area (Å²) in [4.78, 5) is 27.4. The molecule has 4 nitrogen and oxygen atoms in total. The Morgan fingerprint density at radius 1 is 1.03 bits per heavy atom.